The predicted octanol–water partition coefficient (Wildman–Crippen LogP) is 1.82. The number of anilines is 1. The Balaban J connectivity index is 1.67. The molecule has 0 bridgehead atoms. The van der Waals surface area contributed by atoms with Crippen molar-refractivity contribution in [2.45, 2.75) is 32.6 Å². The van der Waals surface area contributed by atoms with E-state index in [0.717, 1.165) is 25.5 Å². The van der Waals surface area contributed by atoms with Crippen molar-refractivity contribution in [2.75, 3.05) is 51.6 Å². The predicted molar refractivity (Wildman–Crippen MR) is 87.8 cm³/mol. The van der Waals surface area contributed by atoms with Gasteiger partial charge in [-0.1, -0.05) is 20.8 Å². The van der Waals surface area contributed by atoms with Crippen molar-refractivity contribution in [3.05, 3.63) is 18.0 Å². The van der Waals surface area contributed by atoms with Gasteiger partial charge in [0.25, 0.3) is 0 Å². The maximum absolute atomic E-state index is 4.40. The summed E-state index contributed by atoms with van der Waals surface area (Å²) in [6.45, 7) is 13.4. The van der Waals surface area contributed by atoms with E-state index in [9.17, 15) is 0 Å². The van der Waals surface area contributed by atoms with Crippen LogP contribution in [-0.4, -0.2) is 66.1 Å². The van der Waals surface area contributed by atoms with Crippen LogP contribution in [0.1, 0.15) is 32.8 Å². The van der Waals surface area contributed by atoms with Crippen molar-refractivity contribution in [2.24, 2.45) is 0 Å². The molecule has 1 aliphatic rings. The van der Waals surface area contributed by atoms with E-state index in [-0.39, 0.29) is 5.41 Å². The molecular formula is C16H29N5. The minimum Gasteiger partial charge on any atom is -0.354 e. The summed E-state index contributed by atoms with van der Waals surface area (Å²) in [6.07, 6.45) is 4.99. The van der Waals surface area contributed by atoms with E-state index in [1.54, 1.807) is 0 Å². The highest BCUT2D eigenvalue weighted by atomic mass is 15.2. The van der Waals surface area contributed by atoms with Gasteiger partial charge in [-0.25, -0.2) is 9.97 Å². The van der Waals surface area contributed by atoms with Crippen molar-refractivity contribution in [3.63, 3.8) is 0 Å². The van der Waals surface area contributed by atoms with Crippen molar-refractivity contribution in [1.82, 2.24) is 19.8 Å². The molecule has 0 radical (unpaired) electrons. The molecule has 5 nitrogen and oxygen atoms in total. The number of nitrogens with zero attached hydrogens (tertiary/aromatic N) is 4. The summed E-state index contributed by atoms with van der Waals surface area (Å²) >= 11 is 0. The average molecular weight is 291 g/mol. The van der Waals surface area contributed by atoms with Gasteiger partial charge in [-0.3, -0.25) is 0 Å². The summed E-state index contributed by atoms with van der Waals surface area (Å²) in [5, 5.41) is 3.31. The monoisotopic (exact) mass is 291 g/mol. The first-order valence-electron chi connectivity index (χ1n) is 7.92. The van der Waals surface area contributed by atoms with E-state index >= 15 is 0 Å². The maximum atomic E-state index is 4.40. The van der Waals surface area contributed by atoms with Gasteiger partial charge >= 0.3 is 0 Å². The molecule has 0 saturated carbocycles. The standard InChI is InChI=1S/C16H29N5/c1-16(2,3)14-12-18-15(19-13-14)17-6-5-7-21-10-8-20(4)9-11-21/h12-13H,5-11H2,1-4H3,(H,17,18,19). The maximum Gasteiger partial charge on any atom is 0.222 e. The molecule has 1 saturated heterocycles. The lowest BCUT2D eigenvalue weighted by molar-refractivity contribution is 0.154. The number of nitrogens with one attached hydrogen (secondary N) is 1. The largest absolute Gasteiger partial charge is 0.354 e. The van der Waals surface area contributed by atoms with E-state index in [1.165, 1.54) is 31.7 Å². The second-order valence-electron chi connectivity index (χ2n) is 6.97. The molecule has 118 valence electrons. The normalized spacial score (nSPS) is 17.9. The zero-order valence-corrected chi connectivity index (χ0v) is 13.9. The highest BCUT2D eigenvalue weighted by molar-refractivity contribution is 5.26. The molecule has 1 fully saturated rings. The molecule has 1 aliphatic heterocycles. The molecule has 1 aromatic rings. The van der Waals surface area contributed by atoms with Crippen LogP contribution in [0.25, 0.3) is 0 Å². The fourth-order valence-corrected chi connectivity index (χ4v) is 2.38. The third-order valence-electron chi connectivity index (χ3n) is 4.05. The van der Waals surface area contributed by atoms with Crippen LogP contribution in [0.15, 0.2) is 12.4 Å². The first kappa shape index (κ1) is 16.2. The Hall–Kier alpha value is -1.20. The van der Waals surface area contributed by atoms with E-state index in [2.05, 4.69) is 52.9 Å². The van der Waals surface area contributed by atoms with Crippen molar-refractivity contribution in [1.29, 1.82) is 0 Å². The molecule has 0 aliphatic carbocycles. The van der Waals surface area contributed by atoms with Gasteiger partial charge in [-0.15, -0.1) is 0 Å². The zero-order chi connectivity index (χ0) is 15.3. The molecule has 1 N–H and O–H groups in total. The SMILES string of the molecule is CN1CCN(CCCNc2ncc(C(C)(C)C)cn2)CC1. The van der Waals surface area contributed by atoms with E-state index in [1.807, 2.05) is 12.4 Å². The quantitative estimate of drug-likeness (QED) is 0.839. The second kappa shape index (κ2) is 7.18. The topological polar surface area (TPSA) is 44.3 Å². The van der Waals surface area contributed by atoms with Gasteiger partial charge in [0.2, 0.25) is 5.95 Å². The van der Waals surface area contributed by atoms with E-state index in [0.29, 0.717) is 0 Å². The van der Waals surface area contributed by atoms with Crippen LogP contribution in [0.4, 0.5) is 5.95 Å². The lowest BCUT2D eigenvalue weighted by atomic mass is 9.89. The smallest absolute Gasteiger partial charge is 0.222 e. The Labute approximate surface area is 128 Å². The fourth-order valence-electron chi connectivity index (χ4n) is 2.38. The summed E-state index contributed by atoms with van der Waals surface area (Å²) in [5.74, 6) is 0.737. The molecule has 21 heavy (non-hydrogen) atoms. The van der Waals surface area contributed by atoms with Crippen LogP contribution in [-0.2, 0) is 5.41 Å². The van der Waals surface area contributed by atoms with Gasteiger partial charge in [-0.05, 0) is 31.0 Å². The number of piperazine rings is 1. The van der Waals surface area contributed by atoms with Crippen LogP contribution in [0.2, 0.25) is 0 Å². The van der Waals surface area contributed by atoms with Crippen LogP contribution >= 0.6 is 0 Å². The number of aromatic nitrogens is 2. The molecule has 5 heteroatoms. The summed E-state index contributed by atoms with van der Waals surface area (Å²) in [7, 11) is 2.19. The van der Waals surface area contributed by atoms with Crippen LogP contribution < -0.4 is 5.32 Å². The number of hydrogen-bond donors (Lipinski definition) is 1. The minimum absolute atomic E-state index is 0.111. The van der Waals surface area contributed by atoms with E-state index < -0.39 is 0 Å². The average Bonchev–Trinajstić information content (AvgIpc) is 2.45. The van der Waals surface area contributed by atoms with E-state index in [4.69, 9.17) is 0 Å². The van der Waals surface area contributed by atoms with Crippen LogP contribution in [0.3, 0.4) is 0 Å². The molecule has 0 spiro atoms. The molecule has 0 atom stereocenters. The highest BCUT2D eigenvalue weighted by Gasteiger charge is 2.15. The Morgan fingerprint density at radius 3 is 2.29 bits per heavy atom. The Bertz CT molecular complexity index is 415. The molecule has 0 unspecified atom stereocenters. The van der Waals surface area contributed by atoms with Crippen LogP contribution in [0.5, 0.6) is 0 Å². The van der Waals surface area contributed by atoms with Crippen molar-refractivity contribution in [3.8, 4) is 0 Å². The van der Waals surface area contributed by atoms with Crippen molar-refractivity contribution < 1.29 is 0 Å². The van der Waals surface area contributed by atoms with Gasteiger partial charge in [0, 0.05) is 45.1 Å². The zero-order valence-electron chi connectivity index (χ0n) is 13.9. The highest BCUT2D eigenvalue weighted by Crippen LogP contribution is 2.20. The lowest BCUT2D eigenvalue weighted by Crippen LogP contribution is -2.44. The van der Waals surface area contributed by atoms with Gasteiger partial charge < -0.3 is 15.1 Å². The Morgan fingerprint density at radius 1 is 1.10 bits per heavy atom. The second-order valence-corrected chi connectivity index (χ2v) is 6.97. The first-order valence-corrected chi connectivity index (χ1v) is 7.92. The summed E-state index contributed by atoms with van der Waals surface area (Å²) in [6, 6.07) is 0. The van der Waals surface area contributed by atoms with Crippen LogP contribution in [0, 0.1) is 0 Å². The number of hydrogen-bond acceptors (Lipinski definition) is 5. The molecular weight excluding hydrogens is 262 g/mol. The molecule has 0 aromatic carbocycles. The minimum atomic E-state index is 0.111. The fraction of sp³-hybridized carbons (Fsp3) is 0.750. The third-order valence-corrected chi connectivity index (χ3v) is 4.05. The van der Waals surface area contributed by atoms with Crippen molar-refractivity contribution >= 4 is 5.95 Å². The summed E-state index contributed by atoms with van der Waals surface area (Å²) in [5.41, 5.74) is 1.28. The number of likely N-dealkylation sites (N-methyl/N-ethyl adjacent to an activating group) is 1. The van der Waals surface area contributed by atoms with Gasteiger partial charge in [0.05, 0.1) is 0 Å². The first-order chi connectivity index (χ1) is 9.95. The summed E-state index contributed by atoms with van der Waals surface area (Å²) in [4.78, 5) is 13.7. The Morgan fingerprint density at radius 2 is 1.71 bits per heavy atom. The molecule has 0 amide bonds. The molecule has 2 heterocycles. The third kappa shape index (κ3) is 5.25. The molecule has 2 rings (SSSR count). The summed E-state index contributed by atoms with van der Waals surface area (Å²) < 4.78 is 0. The number of rotatable bonds is 5. The molecule has 1 aromatic heterocycles. The van der Waals surface area contributed by atoms with Gasteiger partial charge in [0.15, 0.2) is 0 Å². The van der Waals surface area contributed by atoms with Gasteiger partial charge in [-0.2, -0.15) is 0 Å². The van der Waals surface area contributed by atoms with Gasteiger partial charge in [0.1, 0.15) is 0 Å². The lowest BCUT2D eigenvalue weighted by Gasteiger charge is -2.32. The Kier molecular flexibility index (Phi) is 5.53.